The highest BCUT2D eigenvalue weighted by Crippen LogP contribution is 2.20. The first-order chi connectivity index (χ1) is 5.86. The van der Waals surface area contributed by atoms with Gasteiger partial charge in [-0.1, -0.05) is 13.8 Å². The first kappa shape index (κ1) is 12.4. The molecule has 0 heterocycles. The summed E-state index contributed by atoms with van der Waals surface area (Å²) in [6, 6.07) is -0.144. The van der Waals surface area contributed by atoms with Gasteiger partial charge in [0.25, 0.3) is 0 Å². The molecule has 2 N–H and O–H groups in total. The molecule has 0 spiro atoms. The molecule has 0 aliphatic rings. The van der Waals surface area contributed by atoms with Crippen molar-refractivity contribution in [3.8, 4) is 0 Å². The van der Waals surface area contributed by atoms with Crippen LogP contribution >= 0.6 is 0 Å². The summed E-state index contributed by atoms with van der Waals surface area (Å²) in [4.78, 5) is 13.2. The Balaban J connectivity index is 4.54. The lowest BCUT2D eigenvalue weighted by molar-refractivity contribution is -0.124. The van der Waals surface area contributed by atoms with E-state index in [1.807, 2.05) is 14.0 Å². The van der Waals surface area contributed by atoms with Gasteiger partial charge in [-0.05, 0) is 33.7 Å². The van der Waals surface area contributed by atoms with Crippen molar-refractivity contribution < 1.29 is 4.79 Å². The van der Waals surface area contributed by atoms with Crippen LogP contribution in [-0.4, -0.2) is 29.4 Å². The molecule has 0 aliphatic carbocycles. The minimum atomic E-state index is -0.230. The van der Waals surface area contributed by atoms with Gasteiger partial charge in [0.15, 0.2) is 0 Å². The Morgan fingerprint density at radius 2 is 1.92 bits per heavy atom. The molecule has 1 unspecified atom stereocenters. The van der Waals surface area contributed by atoms with E-state index in [2.05, 4.69) is 25.7 Å². The van der Waals surface area contributed by atoms with Crippen LogP contribution in [0.3, 0.4) is 0 Å². The molecule has 0 rings (SSSR count). The molecule has 0 saturated carbocycles. The van der Waals surface area contributed by atoms with Crippen molar-refractivity contribution in [3.05, 3.63) is 0 Å². The molecule has 0 bridgehead atoms. The smallest absolute Gasteiger partial charge is 0.234 e. The number of carbonyl (C=O) groups excluding carboxylic acids is 1. The Bertz CT molecular complexity index is 178. The second-order valence-corrected chi connectivity index (χ2v) is 4.10. The Labute approximate surface area is 81.3 Å². The number of likely N-dealkylation sites (N-methyl/N-ethyl adjacent to an activating group) is 1. The summed E-state index contributed by atoms with van der Waals surface area (Å²) in [6.45, 7) is 8.35. The van der Waals surface area contributed by atoms with Gasteiger partial charge in [0.05, 0.1) is 6.04 Å². The van der Waals surface area contributed by atoms with Crippen LogP contribution in [0, 0.1) is 0 Å². The Kier molecular flexibility index (Phi) is 4.40. The lowest BCUT2D eigenvalue weighted by atomic mass is 9.97. The van der Waals surface area contributed by atoms with Crippen molar-refractivity contribution in [1.82, 2.24) is 4.90 Å². The van der Waals surface area contributed by atoms with Gasteiger partial charge in [0.2, 0.25) is 5.91 Å². The number of nitrogens with zero attached hydrogens (tertiary/aromatic N) is 1. The third kappa shape index (κ3) is 2.99. The summed E-state index contributed by atoms with van der Waals surface area (Å²) < 4.78 is 0. The molecular formula is C10H22N2O. The number of hydrogen-bond acceptors (Lipinski definition) is 2. The van der Waals surface area contributed by atoms with Crippen LogP contribution in [0.5, 0.6) is 0 Å². The molecule has 0 aromatic rings. The van der Waals surface area contributed by atoms with Crippen LogP contribution < -0.4 is 5.73 Å². The third-order valence-electron chi connectivity index (χ3n) is 3.00. The second kappa shape index (κ2) is 4.61. The summed E-state index contributed by atoms with van der Waals surface area (Å²) >= 11 is 0. The number of hydrogen-bond donors (Lipinski definition) is 1. The standard InChI is InChI=1S/C10H22N2O/c1-6-8(9(11)13)12(5)10(3,4)7-2/h8H,6-7H2,1-5H3,(H2,11,13). The third-order valence-corrected chi connectivity index (χ3v) is 3.00. The summed E-state index contributed by atoms with van der Waals surface area (Å²) in [5, 5.41) is 0. The molecule has 3 heteroatoms. The molecule has 0 aliphatic heterocycles. The van der Waals surface area contributed by atoms with Crippen LogP contribution in [0.25, 0.3) is 0 Å². The zero-order valence-electron chi connectivity index (χ0n) is 9.42. The molecule has 78 valence electrons. The topological polar surface area (TPSA) is 46.3 Å². The van der Waals surface area contributed by atoms with Crippen molar-refractivity contribution >= 4 is 5.91 Å². The fourth-order valence-electron chi connectivity index (χ4n) is 1.34. The van der Waals surface area contributed by atoms with Gasteiger partial charge in [-0.2, -0.15) is 0 Å². The van der Waals surface area contributed by atoms with Gasteiger partial charge in [-0.15, -0.1) is 0 Å². The first-order valence-corrected chi connectivity index (χ1v) is 4.89. The molecule has 0 aromatic heterocycles. The predicted molar refractivity (Wildman–Crippen MR) is 55.4 cm³/mol. The normalized spacial score (nSPS) is 14.6. The number of rotatable bonds is 5. The summed E-state index contributed by atoms with van der Waals surface area (Å²) in [5.74, 6) is -0.230. The Hall–Kier alpha value is -0.570. The zero-order chi connectivity index (χ0) is 10.6. The molecule has 0 saturated heterocycles. The largest absolute Gasteiger partial charge is 0.368 e. The molecule has 13 heavy (non-hydrogen) atoms. The maximum atomic E-state index is 11.1. The first-order valence-electron chi connectivity index (χ1n) is 4.89. The van der Waals surface area contributed by atoms with Crippen molar-refractivity contribution in [2.75, 3.05) is 7.05 Å². The fraction of sp³-hybridized carbons (Fsp3) is 0.900. The van der Waals surface area contributed by atoms with E-state index < -0.39 is 0 Å². The van der Waals surface area contributed by atoms with Crippen LogP contribution in [0.4, 0.5) is 0 Å². The fourth-order valence-corrected chi connectivity index (χ4v) is 1.34. The highest BCUT2D eigenvalue weighted by molar-refractivity contribution is 5.79. The minimum Gasteiger partial charge on any atom is -0.368 e. The maximum Gasteiger partial charge on any atom is 0.234 e. The van der Waals surface area contributed by atoms with Crippen molar-refractivity contribution in [1.29, 1.82) is 0 Å². The summed E-state index contributed by atoms with van der Waals surface area (Å²) in [6.07, 6.45) is 1.78. The molecular weight excluding hydrogens is 164 g/mol. The molecule has 1 atom stereocenters. The Morgan fingerprint density at radius 1 is 1.46 bits per heavy atom. The lowest BCUT2D eigenvalue weighted by Gasteiger charge is -2.39. The van der Waals surface area contributed by atoms with Gasteiger partial charge < -0.3 is 5.73 Å². The van der Waals surface area contributed by atoms with Crippen LogP contribution in [0.15, 0.2) is 0 Å². The van der Waals surface area contributed by atoms with Crippen LogP contribution in [0.1, 0.15) is 40.5 Å². The van der Waals surface area contributed by atoms with Gasteiger partial charge >= 0.3 is 0 Å². The van der Waals surface area contributed by atoms with Crippen molar-refractivity contribution in [2.45, 2.75) is 52.1 Å². The summed E-state index contributed by atoms with van der Waals surface area (Å²) in [7, 11) is 1.96. The molecule has 0 fully saturated rings. The molecule has 0 radical (unpaired) electrons. The average molecular weight is 186 g/mol. The zero-order valence-corrected chi connectivity index (χ0v) is 9.42. The number of amides is 1. The van der Waals surface area contributed by atoms with E-state index in [4.69, 9.17) is 5.73 Å². The van der Waals surface area contributed by atoms with Gasteiger partial charge in [0, 0.05) is 5.54 Å². The van der Waals surface area contributed by atoms with E-state index >= 15 is 0 Å². The van der Waals surface area contributed by atoms with Gasteiger partial charge in [0.1, 0.15) is 0 Å². The lowest BCUT2D eigenvalue weighted by Crippen LogP contribution is -2.52. The van der Waals surface area contributed by atoms with E-state index in [1.165, 1.54) is 0 Å². The maximum absolute atomic E-state index is 11.1. The highest BCUT2D eigenvalue weighted by atomic mass is 16.1. The average Bonchev–Trinajstić information content (AvgIpc) is 2.05. The van der Waals surface area contributed by atoms with Crippen LogP contribution in [0.2, 0.25) is 0 Å². The predicted octanol–water partition coefficient (Wildman–Crippen LogP) is 1.37. The molecule has 3 nitrogen and oxygen atoms in total. The second-order valence-electron chi connectivity index (χ2n) is 4.10. The quantitative estimate of drug-likeness (QED) is 0.705. The van der Waals surface area contributed by atoms with E-state index in [1.54, 1.807) is 0 Å². The van der Waals surface area contributed by atoms with E-state index in [9.17, 15) is 4.79 Å². The summed E-state index contributed by atoms with van der Waals surface area (Å²) in [5.41, 5.74) is 5.36. The SMILES string of the molecule is CCC(C(N)=O)N(C)C(C)(C)CC. The molecule has 0 aromatic carbocycles. The number of nitrogens with two attached hydrogens (primary N) is 1. The Morgan fingerprint density at radius 3 is 2.15 bits per heavy atom. The number of primary amides is 1. The van der Waals surface area contributed by atoms with Crippen molar-refractivity contribution in [2.24, 2.45) is 5.73 Å². The van der Waals surface area contributed by atoms with Gasteiger partial charge in [-0.3, -0.25) is 9.69 Å². The molecule has 1 amide bonds. The van der Waals surface area contributed by atoms with Crippen molar-refractivity contribution in [3.63, 3.8) is 0 Å². The monoisotopic (exact) mass is 186 g/mol. The van der Waals surface area contributed by atoms with E-state index in [0.717, 1.165) is 12.8 Å². The van der Waals surface area contributed by atoms with Gasteiger partial charge in [-0.25, -0.2) is 0 Å². The minimum absolute atomic E-state index is 0.0374. The van der Waals surface area contributed by atoms with E-state index in [-0.39, 0.29) is 17.5 Å². The number of carbonyl (C=O) groups is 1. The highest BCUT2D eigenvalue weighted by Gasteiger charge is 2.29. The van der Waals surface area contributed by atoms with E-state index in [0.29, 0.717) is 0 Å². The van der Waals surface area contributed by atoms with Crippen LogP contribution in [-0.2, 0) is 4.79 Å².